The molecule has 0 heterocycles. The summed E-state index contributed by atoms with van der Waals surface area (Å²) in [5.74, 6) is -29.5. The van der Waals surface area contributed by atoms with Crippen LogP contribution in [0.1, 0.15) is 0 Å². The van der Waals surface area contributed by atoms with Crippen LogP contribution in [-0.4, -0.2) is 73.4 Å². The van der Waals surface area contributed by atoms with Gasteiger partial charge in [-0.15, -0.1) is 0 Å². The molecule has 0 bridgehead atoms. The third-order valence-electron chi connectivity index (χ3n) is 3.66. The van der Waals surface area contributed by atoms with Crippen LogP contribution in [0.5, 0.6) is 0 Å². The summed E-state index contributed by atoms with van der Waals surface area (Å²) in [4.78, 5) is 0. The Bertz CT molecular complexity index is 551. The Hall–Kier alpha value is -1.23. The first-order valence-corrected chi connectivity index (χ1v) is 7.14. The van der Waals surface area contributed by atoms with Gasteiger partial charge in [-0.05, 0) is 0 Å². The molecule has 18 heteroatoms. The molecule has 0 aromatic carbocycles. The van der Waals surface area contributed by atoms with E-state index >= 15 is 0 Å². The lowest BCUT2D eigenvalue weighted by atomic mass is 9.91. The molecule has 182 valence electrons. The summed E-state index contributed by atoms with van der Waals surface area (Å²) in [7, 11) is 0. The summed E-state index contributed by atoms with van der Waals surface area (Å²) in [6.07, 6.45) is -37.8. The molecule has 2 N–H and O–H groups in total. The van der Waals surface area contributed by atoms with E-state index in [1.54, 1.807) is 0 Å². The number of halogens is 17. The second-order valence-corrected chi connectivity index (χ2v) is 5.75. The van der Waals surface area contributed by atoms with Crippen molar-refractivity contribution in [3.63, 3.8) is 0 Å². The van der Waals surface area contributed by atoms with Gasteiger partial charge in [-0.2, -0.15) is 35.1 Å². The Kier molecular flexibility index (Phi) is 8.72. The smallest absolute Gasteiger partial charge is 0.296 e. The lowest BCUT2D eigenvalue weighted by molar-refractivity contribution is -0.386. The maximum Gasteiger partial charge on any atom is 0.382 e. The summed E-state index contributed by atoms with van der Waals surface area (Å²) < 4.78 is 219. The quantitative estimate of drug-likeness (QED) is 0.317. The summed E-state index contributed by atoms with van der Waals surface area (Å²) in [6, 6.07) is 0. The number of nitrogens with two attached hydrogens (primary N) is 1. The van der Waals surface area contributed by atoms with Crippen molar-refractivity contribution in [1.82, 2.24) is 0 Å². The minimum atomic E-state index is -7.72. The minimum absolute atomic E-state index is 3.62. The zero-order chi connectivity index (χ0) is 24.6. The molecule has 7 unspecified atom stereocenters. The van der Waals surface area contributed by atoms with Crippen LogP contribution < -0.4 is 5.73 Å². The molecule has 0 saturated heterocycles. The van der Waals surface area contributed by atoms with Crippen LogP contribution in [0.4, 0.5) is 74.6 Å². The van der Waals surface area contributed by atoms with Crippen LogP contribution in [0.25, 0.3) is 0 Å². The summed E-state index contributed by atoms with van der Waals surface area (Å²) >= 11 is 0. The Morgan fingerprint density at radius 2 is 0.733 bits per heavy atom. The number of rotatable bonds is 11. The highest BCUT2D eigenvalue weighted by molar-refractivity contribution is 5.09. The van der Waals surface area contributed by atoms with Crippen LogP contribution in [0.2, 0.25) is 0 Å². The topological polar surface area (TPSA) is 26.0 Å². The molecule has 0 fully saturated rings. The van der Waals surface area contributed by atoms with Crippen LogP contribution in [0, 0.1) is 0 Å². The van der Waals surface area contributed by atoms with Crippen LogP contribution >= 0.6 is 0 Å². The predicted octanol–water partition coefficient (Wildman–Crippen LogP) is 5.08. The van der Waals surface area contributed by atoms with E-state index in [1.807, 2.05) is 0 Å². The largest absolute Gasteiger partial charge is 0.382 e. The maximum atomic E-state index is 13.3. The van der Waals surface area contributed by atoms with E-state index in [1.165, 1.54) is 0 Å². The average molecular weight is 491 g/mol. The Balaban J connectivity index is 5.89. The zero-order valence-electron chi connectivity index (χ0n) is 13.6. The van der Waals surface area contributed by atoms with Gasteiger partial charge >= 0.3 is 23.7 Å². The highest BCUT2D eigenvalue weighted by Crippen LogP contribution is 2.55. The van der Waals surface area contributed by atoms with Gasteiger partial charge in [-0.1, -0.05) is 0 Å². The van der Waals surface area contributed by atoms with Crippen molar-refractivity contribution in [3.8, 4) is 0 Å². The Morgan fingerprint density at radius 3 is 1.07 bits per heavy atom. The van der Waals surface area contributed by atoms with Crippen molar-refractivity contribution in [3.05, 3.63) is 0 Å². The molecular weight excluding hydrogens is 481 g/mol. The second-order valence-electron chi connectivity index (χ2n) is 5.75. The Morgan fingerprint density at radius 1 is 0.433 bits per heavy atom. The highest BCUT2D eigenvalue weighted by atomic mass is 19.4. The predicted molar refractivity (Wildman–Crippen MR) is 64.3 cm³/mol. The molecule has 1 nitrogen and oxygen atoms in total. The molecule has 0 aromatic rings. The van der Waals surface area contributed by atoms with Crippen molar-refractivity contribution >= 4 is 0 Å². The molecule has 30 heavy (non-hydrogen) atoms. The fourth-order valence-electron chi connectivity index (χ4n) is 1.79. The molecule has 7 atom stereocenters. The Labute approximate surface area is 155 Å². The molecule has 0 aliphatic rings. The van der Waals surface area contributed by atoms with E-state index in [0.29, 0.717) is 0 Å². The number of alkyl halides is 17. The zero-order valence-corrected chi connectivity index (χ0v) is 13.6. The van der Waals surface area contributed by atoms with Crippen LogP contribution in [0.3, 0.4) is 0 Å². The molecule has 0 aliphatic carbocycles. The van der Waals surface area contributed by atoms with Gasteiger partial charge in [0.1, 0.15) is 0 Å². The third kappa shape index (κ3) is 4.66. The van der Waals surface area contributed by atoms with Crippen molar-refractivity contribution in [2.24, 2.45) is 5.73 Å². The molecule has 0 rings (SSSR count). The standard InChI is InChI=1S/C12H10F17N/c13-1(3(15)5(17)7(19)20)2(14)4(16)6(18)9(22,23)11(26,27)12(28,29)10(24,25)8(21)30/h1-8H,30H2. The lowest BCUT2D eigenvalue weighted by Gasteiger charge is -2.39. The number of hydrogen-bond acceptors (Lipinski definition) is 1. The van der Waals surface area contributed by atoms with Gasteiger partial charge in [-0.3, -0.25) is 5.73 Å². The lowest BCUT2D eigenvalue weighted by Crippen LogP contribution is -2.69. The van der Waals surface area contributed by atoms with E-state index in [2.05, 4.69) is 5.73 Å². The van der Waals surface area contributed by atoms with Crippen LogP contribution in [0.15, 0.2) is 0 Å². The fraction of sp³-hybridized carbons (Fsp3) is 1.00. The van der Waals surface area contributed by atoms with Gasteiger partial charge in [0.05, 0.1) is 0 Å². The molecule has 0 aromatic heterocycles. The van der Waals surface area contributed by atoms with Crippen molar-refractivity contribution in [1.29, 1.82) is 0 Å². The summed E-state index contributed by atoms with van der Waals surface area (Å²) in [5, 5.41) is 0. The molecule has 0 saturated carbocycles. The minimum Gasteiger partial charge on any atom is -0.296 e. The van der Waals surface area contributed by atoms with E-state index in [0.717, 1.165) is 0 Å². The van der Waals surface area contributed by atoms with E-state index < -0.39 is 73.4 Å². The molecule has 0 aliphatic heterocycles. The van der Waals surface area contributed by atoms with Crippen molar-refractivity contribution in [2.45, 2.75) is 73.4 Å². The molecule has 0 radical (unpaired) electrons. The molecule has 0 spiro atoms. The summed E-state index contributed by atoms with van der Waals surface area (Å²) in [5.41, 5.74) is 3.62. The first-order chi connectivity index (χ1) is 13.1. The monoisotopic (exact) mass is 491 g/mol. The van der Waals surface area contributed by atoms with Crippen molar-refractivity contribution < 1.29 is 74.6 Å². The van der Waals surface area contributed by atoms with Gasteiger partial charge in [0, 0.05) is 0 Å². The average Bonchev–Trinajstić information content (AvgIpc) is 2.63. The van der Waals surface area contributed by atoms with E-state index in [4.69, 9.17) is 0 Å². The van der Waals surface area contributed by atoms with Gasteiger partial charge in [-0.25, -0.2) is 39.5 Å². The fourth-order valence-corrected chi connectivity index (χ4v) is 1.79. The maximum absolute atomic E-state index is 13.3. The SMILES string of the molecule is NC(F)C(F)(F)C(F)(F)C(F)(F)C(F)(F)C(F)C(F)C(F)C(F)C(F)C(F)C(F)F. The number of hydrogen-bond donors (Lipinski definition) is 1. The second kappa shape index (κ2) is 9.10. The summed E-state index contributed by atoms with van der Waals surface area (Å²) in [6.45, 7) is 0. The van der Waals surface area contributed by atoms with Gasteiger partial charge < -0.3 is 0 Å². The van der Waals surface area contributed by atoms with E-state index in [9.17, 15) is 74.6 Å². The van der Waals surface area contributed by atoms with Crippen LogP contribution in [-0.2, 0) is 0 Å². The molecule has 0 amide bonds. The molecular formula is C12H10F17N. The van der Waals surface area contributed by atoms with E-state index in [-0.39, 0.29) is 0 Å². The first kappa shape index (κ1) is 28.8. The third-order valence-corrected chi connectivity index (χ3v) is 3.66. The van der Waals surface area contributed by atoms with Crippen molar-refractivity contribution in [2.75, 3.05) is 0 Å². The highest BCUT2D eigenvalue weighted by Gasteiger charge is 2.84. The van der Waals surface area contributed by atoms with Gasteiger partial charge in [0.2, 0.25) is 12.5 Å². The first-order valence-electron chi connectivity index (χ1n) is 7.14. The normalized spacial score (nSPS) is 21.7. The van der Waals surface area contributed by atoms with Gasteiger partial charge in [0.15, 0.2) is 30.9 Å². The van der Waals surface area contributed by atoms with Gasteiger partial charge in [0.25, 0.3) is 6.43 Å².